The van der Waals surface area contributed by atoms with Gasteiger partial charge in [0.05, 0.1) is 0 Å². The van der Waals surface area contributed by atoms with Gasteiger partial charge in [-0.05, 0) is 0 Å². The van der Waals surface area contributed by atoms with Crippen molar-refractivity contribution in [2.45, 2.75) is 30.8 Å². The maximum absolute atomic E-state index is 2.61. The van der Waals surface area contributed by atoms with Gasteiger partial charge in [0.1, 0.15) is 0 Å². The summed E-state index contributed by atoms with van der Waals surface area (Å²) in [7, 11) is 0. The Hall–Kier alpha value is -2.19. The number of hydrogen-bond acceptors (Lipinski definition) is 0. The maximum atomic E-state index is 2.58. The molecule has 3 aliphatic rings. The van der Waals surface area contributed by atoms with Gasteiger partial charge in [-0.3, -0.25) is 0 Å². The summed E-state index contributed by atoms with van der Waals surface area (Å²) in [5.41, 5.74) is 13.6. The van der Waals surface area contributed by atoms with Crippen LogP contribution in [0.3, 0.4) is 0 Å². The molecule has 0 nitrogen and oxygen atoms in total. The largest absolute Gasteiger partial charge is 1.00 e. The molecule has 3 aliphatic carbocycles. The Morgan fingerprint density at radius 3 is 1.68 bits per heavy atom. The molecule has 0 heterocycles. The van der Waals surface area contributed by atoms with Crippen molar-refractivity contribution in [3.8, 4) is 11.1 Å². The number of rotatable bonds is 4. The SMILES string of the molecule is CC(C)c1ccc2c(c1)[CH]([Hf+2]([CH]1C=Cc3ccccc31)[CH]1C=Cc3ccccc31)c1ccccc1-2.[Cl-].[Cl-]. The summed E-state index contributed by atoms with van der Waals surface area (Å²) in [4.78, 5) is 0. The maximum Gasteiger partial charge on any atom is -1.00 e. The molecule has 0 N–H and O–H groups in total. The van der Waals surface area contributed by atoms with Crippen LogP contribution in [-0.4, -0.2) is 0 Å². The zero-order valence-corrected chi connectivity index (χ0v) is 26.1. The van der Waals surface area contributed by atoms with E-state index in [4.69, 9.17) is 0 Å². The third-order valence-electron chi connectivity index (χ3n) is 8.27. The summed E-state index contributed by atoms with van der Waals surface area (Å²) in [6.45, 7) is 4.65. The van der Waals surface area contributed by atoms with E-state index in [-0.39, 0.29) is 24.8 Å². The second kappa shape index (κ2) is 10.5. The molecule has 0 saturated heterocycles. The van der Waals surface area contributed by atoms with Crippen molar-refractivity contribution in [2.75, 3.05) is 0 Å². The molecule has 3 unspecified atom stereocenters. The van der Waals surface area contributed by atoms with Gasteiger partial charge in [-0.15, -0.1) is 0 Å². The zero-order valence-electron chi connectivity index (χ0n) is 21.0. The van der Waals surface area contributed by atoms with E-state index in [1.54, 1.807) is 22.3 Å². The minimum Gasteiger partial charge on any atom is -1.00 e. The standard InChI is InChI=1S/C16H15.2C9H7.2ClH.Hf/c1-11(2)12-7-8-16-14(9-12)10-13-5-3-4-6-15(13)16;2*1-2-5-9-7-3-6-8(9)4-1;;;/h3-11H,1-2H3;2*1-7H;2*1H;/q;;;;;+2/p-2. The average Bonchev–Trinajstić information content (AvgIpc) is 3.60. The Balaban J connectivity index is 0.00000140. The molecule has 3 atom stereocenters. The second-order valence-corrected chi connectivity index (χ2v) is 20.6. The fourth-order valence-electron chi connectivity index (χ4n) is 6.58. The van der Waals surface area contributed by atoms with E-state index in [2.05, 4.69) is 129 Å². The van der Waals surface area contributed by atoms with Gasteiger partial charge in [0.15, 0.2) is 0 Å². The predicted molar refractivity (Wildman–Crippen MR) is 144 cm³/mol. The van der Waals surface area contributed by atoms with Crippen LogP contribution >= 0.6 is 0 Å². The molecule has 0 aliphatic heterocycles. The van der Waals surface area contributed by atoms with E-state index in [9.17, 15) is 0 Å². The summed E-state index contributed by atoms with van der Waals surface area (Å²) in [6.07, 6.45) is 9.96. The van der Waals surface area contributed by atoms with Crippen molar-refractivity contribution in [3.05, 3.63) is 142 Å². The molecule has 37 heavy (non-hydrogen) atoms. The first-order valence-corrected chi connectivity index (χ1v) is 19.1. The van der Waals surface area contributed by atoms with E-state index in [0.29, 0.717) is 16.9 Å². The first kappa shape index (κ1) is 26.4. The van der Waals surface area contributed by atoms with E-state index >= 15 is 0 Å². The molecule has 0 fully saturated rings. The van der Waals surface area contributed by atoms with Gasteiger partial charge in [0.25, 0.3) is 0 Å². The van der Waals surface area contributed by atoms with Crippen LogP contribution < -0.4 is 24.8 Å². The van der Waals surface area contributed by atoms with Gasteiger partial charge in [-0.25, -0.2) is 0 Å². The van der Waals surface area contributed by atoms with Crippen molar-refractivity contribution in [1.82, 2.24) is 0 Å². The minimum atomic E-state index is -2.61. The fourth-order valence-corrected chi connectivity index (χ4v) is 21.6. The van der Waals surface area contributed by atoms with Gasteiger partial charge in [-0.2, -0.15) is 0 Å². The van der Waals surface area contributed by atoms with E-state index in [1.807, 2.05) is 0 Å². The topological polar surface area (TPSA) is 0 Å². The van der Waals surface area contributed by atoms with Crippen LogP contribution in [0.1, 0.15) is 69.7 Å². The number of halogens is 2. The van der Waals surface area contributed by atoms with Gasteiger partial charge in [-0.1, -0.05) is 0 Å². The molecule has 0 spiro atoms. The van der Waals surface area contributed by atoms with Crippen LogP contribution in [-0.2, 0) is 21.4 Å². The van der Waals surface area contributed by atoms with Gasteiger partial charge in [0, 0.05) is 0 Å². The summed E-state index contributed by atoms with van der Waals surface area (Å²) in [5.74, 6) is 0.540. The van der Waals surface area contributed by atoms with Crippen molar-refractivity contribution < 1.29 is 46.3 Å². The first-order valence-electron chi connectivity index (χ1n) is 12.8. The summed E-state index contributed by atoms with van der Waals surface area (Å²) < 4.78 is 1.74. The third-order valence-corrected chi connectivity index (χ3v) is 21.7. The van der Waals surface area contributed by atoms with Crippen LogP contribution in [0.2, 0.25) is 0 Å². The van der Waals surface area contributed by atoms with Crippen LogP contribution in [0.25, 0.3) is 23.3 Å². The van der Waals surface area contributed by atoms with Crippen molar-refractivity contribution >= 4 is 12.2 Å². The smallest absolute Gasteiger partial charge is 1.00 e. The Morgan fingerprint density at radius 1 is 0.568 bits per heavy atom. The molecule has 3 heteroatoms. The molecular formula is C34H29Cl2Hf. The third kappa shape index (κ3) is 4.24. The molecule has 0 aromatic heterocycles. The molecule has 4 aromatic carbocycles. The number of benzene rings is 4. The van der Waals surface area contributed by atoms with Crippen LogP contribution in [0.15, 0.2) is 103 Å². The molecule has 183 valence electrons. The number of fused-ring (bicyclic) bond motifs is 5. The molecular weight excluding hydrogens is 658 g/mol. The Labute approximate surface area is 240 Å². The summed E-state index contributed by atoms with van der Waals surface area (Å²) >= 11 is -2.61. The predicted octanol–water partition coefficient (Wildman–Crippen LogP) is 3.04. The normalized spacial score (nSPS) is 19.5. The zero-order chi connectivity index (χ0) is 23.5. The fraction of sp³-hybridized carbons (Fsp3) is 0.176. The van der Waals surface area contributed by atoms with Crippen molar-refractivity contribution in [3.63, 3.8) is 0 Å². The number of hydrogen-bond donors (Lipinski definition) is 0. The van der Waals surface area contributed by atoms with Gasteiger partial charge < -0.3 is 24.8 Å². The van der Waals surface area contributed by atoms with E-state index in [1.165, 1.54) is 27.8 Å². The summed E-state index contributed by atoms with van der Waals surface area (Å²) in [5, 5.41) is 0. The molecule has 0 bridgehead atoms. The quantitative estimate of drug-likeness (QED) is 0.290. The first-order chi connectivity index (χ1) is 17.2. The van der Waals surface area contributed by atoms with Crippen LogP contribution in [0.5, 0.6) is 0 Å². The Bertz CT molecular complexity index is 1450. The van der Waals surface area contributed by atoms with E-state index < -0.39 is 21.4 Å². The summed E-state index contributed by atoms with van der Waals surface area (Å²) in [6, 6.07) is 34.9. The van der Waals surface area contributed by atoms with E-state index in [0.717, 1.165) is 0 Å². The van der Waals surface area contributed by atoms with Crippen molar-refractivity contribution in [2.24, 2.45) is 0 Å². The second-order valence-electron chi connectivity index (χ2n) is 10.5. The molecule has 0 amide bonds. The van der Waals surface area contributed by atoms with Gasteiger partial charge >= 0.3 is 218 Å². The molecule has 0 saturated carbocycles. The monoisotopic (exact) mass is 687 g/mol. The Morgan fingerprint density at radius 2 is 1.08 bits per heavy atom. The number of allylic oxidation sites excluding steroid dienone is 2. The van der Waals surface area contributed by atoms with Crippen LogP contribution in [0.4, 0.5) is 0 Å². The molecule has 0 radical (unpaired) electrons. The Kier molecular flexibility index (Phi) is 7.51. The minimum absolute atomic E-state index is 0. The average molecular weight is 687 g/mol. The van der Waals surface area contributed by atoms with Crippen LogP contribution in [0, 0.1) is 0 Å². The molecule has 4 aromatic rings. The van der Waals surface area contributed by atoms with Gasteiger partial charge in [0.2, 0.25) is 0 Å². The van der Waals surface area contributed by atoms with Crippen molar-refractivity contribution in [1.29, 1.82) is 0 Å². The molecule has 7 rings (SSSR count).